The first kappa shape index (κ1) is 55.9. The van der Waals surface area contributed by atoms with Gasteiger partial charge in [-0.15, -0.1) is 0 Å². The highest BCUT2D eigenvalue weighted by Crippen LogP contribution is 2.31. The van der Waals surface area contributed by atoms with E-state index in [1.165, 1.54) is 165 Å². The summed E-state index contributed by atoms with van der Waals surface area (Å²) in [5.74, 6) is -1.69. The molecule has 0 saturated heterocycles. The molecule has 0 heterocycles. The van der Waals surface area contributed by atoms with Crippen molar-refractivity contribution in [3.63, 3.8) is 0 Å². The highest BCUT2D eigenvalue weighted by Gasteiger charge is 2.28. The Kier molecular flexibility index (Phi) is 26.8. The number of hydrogen-bond donors (Lipinski definition) is 1. The minimum atomic E-state index is -1.01. The summed E-state index contributed by atoms with van der Waals surface area (Å²) in [5, 5.41) is 18.3. The Labute approximate surface area is 422 Å². The molecule has 6 rings (SSSR count). The van der Waals surface area contributed by atoms with Crippen LogP contribution in [0.3, 0.4) is 0 Å². The van der Waals surface area contributed by atoms with Gasteiger partial charge in [-0.25, -0.2) is 0 Å². The molecule has 5 nitrogen and oxygen atoms in total. The quantitative estimate of drug-likeness (QED) is 0.0107. The SMILES string of the molecule is CCCCCCCCCCCCCCCCC(C(=O)O)C(=O)c1cccc2cc3ccccc3cc12.CCCCCCCCCCCCCCCCCC(=O)Oc1cccc2cc3ccccc3cc12. The summed E-state index contributed by atoms with van der Waals surface area (Å²) in [4.78, 5) is 37.8. The Hall–Kier alpha value is -5.03. The highest BCUT2D eigenvalue weighted by molar-refractivity contribution is 6.16. The van der Waals surface area contributed by atoms with Crippen LogP contribution in [0.15, 0.2) is 109 Å². The van der Waals surface area contributed by atoms with Crippen LogP contribution in [0, 0.1) is 5.92 Å². The second kappa shape index (κ2) is 33.5. The number of unbranched alkanes of at least 4 members (excludes halogenated alkanes) is 27. The van der Waals surface area contributed by atoms with Crippen molar-refractivity contribution in [2.24, 2.45) is 5.92 Å². The normalized spacial score (nSPS) is 11.8. The largest absolute Gasteiger partial charge is 0.481 e. The monoisotopic (exact) mass is 949 g/mol. The number of ketones is 1. The third kappa shape index (κ3) is 20.0. The smallest absolute Gasteiger partial charge is 0.314 e. The third-order valence-electron chi connectivity index (χ3n) is 14.4. The van der Waals surface area contributed by atoms with E-state index in [2.05, 4.69) is 62.4 Å². The summed E-state index contributed by atoms with van der Waals surface area (Å²) in [6.45, 7) is 4.54. The van der Waals surface area contributed by atoms with Crippen LogP contribution >= 0.6 is 0 Å². The molecule has 6 aromatic carbocycles. The minimum Gasteiger partial charge on any atom is -0.481 e. The maximum atomic E-state index is 13.3. The number of aliphatic carboxylic acids is 1. The molecule has 6 aromatic rings. The van der Waals surface area contributed by atoms with E-state index in [0.717, 1.165) is 64.4 Å². The van der Waals surface area contributed by atoms with Crippen molar-refractivity contribution in [3.8, 4) is 5.75 Å². The Morgan fingerprint density at radius 2 is 0.757 bits per heavy atom. The van der Waals surface area contributed by atoms with Gasteiger partial charge in [0.25, 0.3) is 0 Å². The molecule has 0 saturated carbocycles. The van der Waals surface area contributed by atoms with Crippen molar-refractivity contribution in [1.29, 1.82) is 0 Å². The van der Waals surface area contributed by atoms with Crippen LogP contribution in [0.4, 0.5) is 0 Å². The van der Waals surface area contributed by atoms with Gasteiger partial charge in [-0.05, 0) is 80.9 Å². The van der Waals surface area contributed by atoms with Crippen LogP contribution in [0.25, 0.3) is 43.1 Å². The van der Waals surface area contributed by atoms with Crippen LogP contribution in [0.1, 0.15) is 223 Å². The molecular weight excluding hydrogens is 861 g/mol. The van der Waals surface area contributed by atoms with Crippen molar-refractivity contribution >= 4 is 60.8 Å². The van der Waals surface area contributed by atoms with E-state index in [1.54, 1.807) is 6.07 Å². The Morgan fingerprint density at radius 3 is 1.20 bits per heavy atom. The van der Waals surface area contributed by atoms with Crippen molar-refractivity contribution < 1.29 is 24.2 Å². The number of Topliss-reactive ketones (excluding diaryl/α,β-unsaturated/α-hetero) is 1. The van der Waals surface area contributed by atoms with Crippen LogP contribution in [0.2, 0.25) is 0 Å². The zero-order valence-corrected chi connectivity index (χ0v) is 43.5. The van der Waals surface area contributed by atoms with E-state index in [4.69, 9.17) is 4.74 Å². The lowest BCUT2D eigenvalue weighted by Crippen LogP contribution is -2.24. The number of ether oxygens (including phenoxy) is 1. The molecule has 0 aliphatic rings. The Bertz CT molecular complexity index is 2430. The summed E-state index contributed by atoms with van der Waals surface area (Å²) in [6.07, 6.45) is 38.5. The van der Waals surface area contributed by atoms with E-state index in [1.807, 2.05) is 54.6 Å². The van der Waals surface area contributed by atoms with Crippen molar-refractivity contribution in [1.82, 2.24) is 0 Å². The first-order valence-electron chi connectivity index (χ1n) is 28.2. The number of benzene rings is 6. The maximum absolute atomic E-state index is 13.3. The number of carboxylic acid groups (broad SMARTS) is 1. The van der Waals surface area contributed by atoms with Gasteiger partial charge in [-0.3, -0.25) is 14.4 Å². The van der Waals surface area contributed by atoms with Gasteiger partial charge in [-0.1, -0.05) is 272 Å². The number of carbonyl (C=O) groups is 3. The number of rotatable bonds is 35. The lowest BCUT2D eigenvalue weighted by atomic mass is 9.89. The fourth-order valence-electron chi connectivity index (χ4n) is 10.1. The molecule has 378 valence electrons. The molecule has 1 N–H and O–H groups in total. The minimum absolute atomic E-state index is 0.115. The molecular formula is C65H88O5. The molecule has 0 aromatic heterocycles. The van der Waals surface area contributed by atoms with Crippen LogP contribution in [-0.4, -0.2) is 22.8 Å². The molecule has 0 fully saturated rings. The molecule has 0 aliphatic carbocycles. The lowest BCUT2D eigenvalue weighted by Gasteiger charge is -2.14. The van der Waals surface area contributed by atoms with Crippen molar-refractivity contribution in [2.75, 3.05) is 0 Å². The van der Waals surface area contributed by atoms with E-state index >= 15 is 0 Å². The first-order valence-corrected chi connectivity index (χ1v) is 28.2. The summed E-state index contributed by atoms with van der Waals surface area (Å²) in [7, 11) is 0. The first-order chi connectivity index (χ1) is 34.4. The van der Waals surface area contributed by atoms with E-state index < -0.39 is 11.9 Å². The van der Waals surface area contributed by atoms with Gasteiger partial charge in [0.1, 0.15) is 11.7 Å². The van der Waals surface area contributed by atoms with Gasteiger partial charge in [0.15, 0.2) is 5.78 Å². The predicted octanol–water partition coefficient (Wildman–Crippen LogP) is 19.9. The number of fused-ring (bicyclic) bond motifs is 4. The zero-order valence-electron chi connectivity index (χ0n) is 43.5. The molecule has 5 heteroatoms. The fourth-order valence-corrected chi connectivity index (χ4v) is 10.1. The molecule has 1 unspecified atom stereocenters. The second-order valence-electron chi connectivity index (χ2n) is 20.2. The molecule has 0 aliphatic heterocycles. The summed E-state index contributed by atoms with van der Waals surface area (Å²) in [5.41, 5.74) is 0.524. The van der Waals surface area contributed by atoms with Crippen LogP contribution in [-0.2, 0) is 9.59 Å². The van der Waals surface area contributed by atoms with Crippen LogP contribution in [0.5, 0.6) is 5.75 Å². The standard InChI is InChI=1S/C33H44O3.C32H44O2/c1-2-3-4-5-6-7-8-9-10-11-12-13-14-15-22-30(33(35)36)32(34)29-23-18-21-28-24-26-19-16-17-20-27(26)25-31(28)29;1-2-3-4-5-6-7-8-9-10-11-12-13-14-15-16-24-32(33)34-31-23-19-22-29-25-27-20-17-18-21-28(27)26-30(29)31/h16-21,23-25,30H,2-15,22H2,1H3,(H,35,36);17-23,25-26H,2-16,24H2,1H3. The molecule has 0 spiro atoms. The topological polar surface area (TPSA) is 80.7 Å². The summed E-state index contributed by atoms with van der Waals surface area (Å²) in [6, 6.07) is 36.3. The van der Waals surface area contributed by atoms with Gasteiger partial charge >= 0.3 is 11.9 Å². The van der Waals surface area contributed by atoms with Gasteiger partial charge in [0, 0.05) is 17.4 Å². The summed E-state index contributed by atoms with van der Waals surface area (Å²) < 4.78 is 5.76. The Morgan fingerprint density at radius 1 is 0.400 bits per heavy atom. The Balaban J connectivity index is 0.000000261. The molecule has 1 atom stereocenters. The maximum Gasteiger partial charge on any atom is 0.314 e. The van der Waals surface area contributed by atoms with Gasteiger partial charge in [-0.2, -0.15) is 0 Å². The van der Waals surface area contributed by atoms with Crippen LogP contribution < -0.4 is 4.74 Å². The van der Waals surface area contributed by atoms with Crippen molar-refractivity contribution in [3.05, 3.63) is 115 Å². The van der Waals surface area contributed by atoms with Gasteiger partial charge in [0.2, 0.25) is 0 Å². The third-order valence-corrected chi connectivity index (χ3v) is 14.4. The zero-order chi connectivity index (χ0) is 49.4. The van der Waals surface area contributed by atoms with Gasteiger partial charge < -0.3 is 9.84 Å². The number of carboxylic acids is 1. The number of hydrogen-bond acceptors (Lipinski definition) is 4. The van der Waals surface area contributed by atoms with Gasteiger partial charge in [0.05, 0.1) is 0 Å². The average molecular weight is 949 g/mol. The molecule has 0 radical (unpaired) electrons. The van der Waals surface area contributed by atoms with Crippen molar-refractivity contribution in [2.45, 2.75) is 213 Å². The molecule has 0 bridgehead atoms. The van der Waals surface area contributed by atoms with E-state index in [0.29, 0.717) is 24.2 Å². The highest BCUT2D eigenvalue weighted by atomic mass is 16.5. The average Bonchev–Trinajstić information content (AvgIpc) is 3.37. The fraction of sp³-hybridized carbons (Fsp3) is 0.523. The lowest BCUT2D eigenvalue weighted by molar-refractivity contribution is -0.140. The summed E-state index contributed by atoms with van der Waals surface area (Å²) >= 11 is 0. The molecule has 70 heavy (non-hydrogen) atoms. The van der Waals surface area contributed by atoms with E-state index in [-0.39, 0.29) is 11.8 Å². The molecule has 0 amide bonds. The van der Waals surface area contributed by atoms with E-state index in [9.17, 15) is 19.5 Å². The number of carbonyl (C=O) groups excluding carboxylic acids is 2. The predicted molar refractivity (Wildman–Crippen MR) is 298 cm³/mol. The number of esters is 1. The second-order valence-corrected chi connectivity index (χ2v) is 20.2.